The van der Waals surface area contributed by atoms with Crippen LogP contribution in [0.1, 0.15) is 12.8 Å². The minimum atomic E-state index is -0.444. The van der Waals surface area contributed by atoms with E-state index in [4.69, 9.17) is 11.5 Å². The van der Waals surface area contributed by atoms with E-state index in [1.807, 2.05) is 0 Å². The summed E-state index contributed by atoms with van der Waals surface area (Å²) in [4.78, 5) is 10.2. The van der Waals surface area contributed by atoms with Crippen molar-refractivity contribution in [2.24, 2.45) is 17.4 Å². The number of primary amides is 1. The zero-order chi connectivity index (χ0) is 7.56. The number of amides is 2. The zero-order valence-corrected chi connectivity index (χ0v) is 5.84. The molecule has 58 valence electrons. The molecule has 0 atom stereocenters. The molecular weight excluding hydrogens is 130 g/mol. The van der Waals surface area contributed by atoms with Crippen LogP contribution < -0.4 is 16.8 Å². The van der Waals surface area contributed by atoms with Crippen molar-refractivity contribution in [2.45, 2.75) is 18.9 Å². The van der Waals surface area contributed by atoms with Gasteiger partial charge in [-0.2, -0.15) is 0 Å². The van der Waals surface area contributed by atoms with Crippen molar-refractivity contribution in [1.29, 1.82) is 0 Å². The van der Waals surface area contributed by atoms with Crippen LogP contribution in [0.3, 0.4) is 0 Å². The second kappa shape index (κ2) is 2.88. The van der Waals surface area contributed by atoms with Gasteiger partial charge in [-0.1, -0.05) is 0 Å². The summed E-state index contributed by atoms with van der Waals surface area (Å²) >= 11 is 0. The molecule has 0 aromatic rings. The number of nitrogens with two attached hydrogens (primary N) is 2. The van der Waals surface area contributed by atoms with Gasteiger partial charge in [-0.15, -0.1) is 0 Å². The molecule has 10 heavy (non-hydrogen) atoms. The Morgan fingerprint density at radius 1 is 1.60 bits per heavy atom. The Balaban J connectivity index is 2.00. The largest absolute Gasteiger partial charge is 0.352 e. The molecule has 0 unspecified atom stereocenters. The molecule has 0 bridgehead atoms. The Morgan fingerprint density at radius 3 is 2.60 bits per heavy atom. The summed E-state index contributed by atoms with van der Waals surface area (Å²) in [6.45, 7) is 0.684. The molecular formula is C6H13N3O. The predicted molar refractivity (Wildman–Crippen MR) is 38.3 cm³/mol. The first kappa shape index (κ1) is 7.34. The fourth-order valence-electron chi connectivity index (χ4n) is 1.20. The summed E-state index contributed by atoms with van der Waals surface area (Å²) in [5.41, 5.74) is 10.4. The smallest absolute Gasteiger partial charge is 0.312 e. The number of hydrogen-bond donors (Lipinski definition) is 3. The van der Waals surface area contributed by atoms with E-state index in [1.54, 1.807) is 0 Å². The van der Waals surface area contributed by atoms with Crippen LogP contribution in [0.4, 0.5) is 4.79 Å². The second-order valence-electron chi connectivity index (χ2n) is 2.84. The first-order valence-corrected chi connectivity index (χ1v) is 3.47. The number of rotatable bonds is 2. The van der Waals surface area contributed by atoms with Crippen LogP contribution in [0.15, 0.2) is 0 Å². The van der Waals surface area contributed by atoms with Crippen LogP contribution >= 0.6 is 0 Å². The fraction of sp³-hybridized carbons (Fsp3) is 0.833. The Kier molecular flexibility index (Phi) is 2.11. The lowest BCUT2D eigenvalue weighted by Crippen LogP contribution is -2.43. The third-order valence-corrected chi connectivity index (χ3v) is 1.84. The van der Waals surface area contributed by atoms with Crippen LogP contribution in [0.5, 0.6) is 0 Å². The molecule has 4 nitrogen and oxygen atoms in total. The second-order valence-corrected chi connectivity index (χ2v) is 2.84. The minimum absolute atomic E-state index is 0.347. The van der Waals surface area contributed by atoms with Gasteiger partial charge in [0, 0.05) is 12.6 Å². The van der Waals surface area contributed by atoms with Crippen molar-refractivity contribution in [3.8, 4) is 0 Å². The summed E-state index contributed by atoms with van der Waals surface area (Å²) in [5, 5.41) is 2.55. The Bertz CT molecular complexity index is 131. The average molecular weight is 143 g/mol. The Morgan fingerprint density at radius 2 is 2.20 bits per heavy atom. The monoisotopic (exact) mass is 143 g/mol. The van der Waals surface area contributed by atoms with E-state index in [0.29, 0.717) is 18.5 Å². The Labute approximate surface area is 59.9 Å². The van der Waals surface area contributed by atoms with E-state index in [2.05, 4.69) is 5.32 Å². The van der Waals surface area contributed by atoms with Gasteiger partial charge in [-0.05, 0) is 18.8 Å². The highest BCUT2D eigenvalue weighted by molar-refractivity contribution is 5.71. The molecule has 0 aromatic carbocycles. The summed E-state index contributed by atoms with van der Waals surface area (Å²) in [7, 11) is 0. The van der Waals surface area contributed by atoms with Crippen LogP contribution in [-0.2, 0) is 0 Å². The number of urea groups is 1. The molecule has 0 aromatic heterocycles. The molecule has 0 spiro atoms. The van der Waals surface area contributed by atoms with E-state index in [1.165, 1.54) is 0 Å². The Hall–Kier alpha value is -0.770. The van der Waals surface area contributed by atoms with Crippen molar-refractivity contribution in [1.82, 2.24) is 5.32 Å². The van der Waals surface area contributed by atoms with Crippen LogP contribution in [-0.4, -0.2) is 18.6 Å². The first-order chi connectivity index (χ1) is 4.68. The maximum Gasteiger partial charge on any atom is 0.312 e. The van der Waals surface area contributed by atoms with Gasteiger partial charge < -0.3 is 16.8 Å². The SMILES string of the molecule is NC(=O)NCC1CC(N)C1. The van der Waals surface area contributed by atoms with E-state index in [-0.39, 0.29) is 0 Å². The summed E-state index contributed by atoms with van der Waals surface area (Å²) in [6.07, 6.45) is 2.03. The average Bonchev–Trinajstić information content (AvgIpc) is 1.77. The van der Waals surface area contributed by atoms with Crippen molar-refractivity contribution < 1.29 is 4.79 Å². The molecule has 0 heterocycles. The molecule has 0 aliphatic heterocycles. The zero-order valence-electron chi connectivity index (χ0n) is 5.84. The minimum Gasteiger partial charge on any atom is -0.352 e. The maximum absolute atomic E-state index is 10.2. The summed E-state index contributed by atoms with van der Waals surface area (Å²) < 4.78 is 0. The van der Waals surface area contributed by atoms with Gasteiger partial charge in [-0.25, -0.2) is 4.79 Å². The molecule has 1 fully saturated rings. The van der Waals surface area contributed by atoms with E-state index >= 15 is 0 Å². The van der Waals surface area contributed by atoms with Gasteiger partial charge in [0.2, 0.25) is 0 Å². The van der Waals surface area contributed by atoms with Gasteiger partial charge >= 0.3 is 6.03 Å². The predicted octanol–water partition coefficient (Wildman–Crippen LogP) is -0.608. The number of nitrogens with one attached hydrogen (secondary N) is 1. The van der Waals surface area contributed by atoms with Crippen LogP contribution in [0.25, 0.3) is 0 Å². The van der Waals surface area contributed by atoms with Gasteiger partial charge in [0.1, 0.15) is 0 Å². The van der Waals surface area contributed by atoms with Gasteiger partial charge in [0.25, 0.3) is 0 Å². The lowest BCUT2D eigenvalue weighted by molar-refractivity contribution is 0.231. The highest BCUT2D eigenvalue weighted by Crippen LogP contribution is 2.24. The van der Waals surface area contributed by atoms with E-state index in [9.17, 15) is 4.79 Å². The third-order valence-electron chi connectivity index (χ3n) is 1.84. The third kappa shape index (κ3) is 1.88. The lowest BCUT2D eigenvalue weighted by atomic mass is 9.81. The number of hydrogen-bond acceptors (Lipinski definition) is 2. The molecule has 0 saturated heterocycles. The van der Waals surface area contributed by atoms with Gasteiger partial charge in [-0.3, -0.25) is 0 Å². The van der Waals surface area contributed by atoms with Crippen molar-refractivity contribution in [2.75, 3.05) is 6.54 Å². The summed E-state index contributed by atoms with van der Waals surface area (Å²) in [5.74, 6) is 0.558. The summed E-state index contributed by atoms with van der Waals surface area (Å²) in [6, 6.07) is -0.0971. The van der Waals surface area contributed by atoms with Gasteiger partial charge in [0.15, 0.2) is 0 Å². The van der Waals surface area contributed by atoms with E-state index in [0.717, 1.165) is 12.8 Å². The highest BCUT2D eigenvalue weighted by atomic mass is 16.2. The maximum atomic E-state index is 10.2. The fourth-order valence-corrected chi connectivity index (χ4v) is 1.20. The molecule has 1 rings (SSSR count). The van der Waals surface area contributed by atoms with Crippen molar-refractivity contribution in [3.63, 3.8) is 0 Å². The molecule has 0 radical (unpaired) electrons. The van der Waals surface area contributed by atoms with Crippen LogP contribution in [0.2, 0.25) is 0 Å². The van der Waals surface area contributed by atoms with E-state index < -0.39 is 6.03 Å². The van der Waals surface area contributed by atoms with Crippen LogP contribution in [0, 0.1) is 5.92 Å². The standard InChI is InChI=1S/C6H13N3O/c7-5-1-4(2-5)3-9-6(8)10/h4-5H,1-3,7H2,(H3,8,9,10). The topological polar surface area (TPSA) is 81.1 Å². The molecule has 1 aliphatic carbocycles. The number of carbonyl (C=O) groups is 1. The molecule has 1 saturated carbocycles. The number of carbonyl (C=O) groups excluding carboxylic acids is 1. The van der Waals surface area contributed by atoms with Crippen molar-refractivity contribution in [3.05, 3.63) is 0 Å². The van der Waals surface area contributed by atoms with Crippen molar-refractivity contribution >= 4 is 6.03 Å². The van der Waals surface area contributed by atoms with Gasteiger partial charge in [0.05, 0.1) is 0 Å². The molecule has 2 amide bonds. The first-order valence-electron chi connectivity index (χ1n) is 3.47. The highest BCUT2D eigenvalue weighted by Gasteiger charge is 2.25. The molecule has 1 aliphatic rings. The normalized spacial score (nSPS) is 30.9. The molecule has 4 heteroatoms. The molecule has 5 N–H and O–H groups in total. The lowest BCUT2D eigenvalue weighted by Gasteiger charge is -2.32. The quantitative estimate of drug-likeness (QED) is 0.482.